The minimum Gasteiger partial charge on any atom is -0.383 e. The van der Waals surface area contributed by atoms with Crippen LogP contribution >= 0.6 is 11.6 Å². The van der Waals surface area contributed by atoms with Gasteiger partial charge in [-0.3, -0.25) is 14.9 Å². The van der Waals surface area contributed by atoms with Gasteiger partial charge in [0.15, 0.2) is 0 Å². The molecular weight excluding hydrogens is 284 g/mol. The van der Waals surface area contributed by atoms with E-state index in [1.165, 1.54) is 18.2 Å². The Bertz CT molecular complexity index is 505. The first kappa shape index (κ1) is 16.4. The van der Waals surface area contributed by atoms with Crippen molar-refractivity contribution in [2.45, 2.75) is 19.9 Å². The fourth-order valence-electron chi connectivity index (χ4n) is 1.63. The molecule has 1 amide bonds. The van der Waals surface area contributed by atoms with Crippen molar-refractivity contribution in [1.82, 2.24) is 5.32 Å². The first-order valence-electron chi connectivity index (χ1n) is 6.10. The zero-order chi connectivity index (χ0) is 15.3. The van der Waals surface area contributed by atoms with E-state index in [2.05, 4.69) is 5.32 Å². The highest BCUT2D eigenvalue weighted by atomic mass is 35.5. The predicted molar refractivity (Wildman–Crippen MR) is 76.1 cm³/mol. The highest BCUT2D eigenvalue weighted by Gasteiger charge is 2.19. The van der Waals surface area contributed by atoms with Crippen LogP contribution in [0.1, 0.15) is 24.2 Å². The van der Waals surface area contributed by atoms with Crippen LogP contribution in [0.25, 0.3) is 0 Å². The number of nitrogens with one attached hydrogen (secondary N) is 1. The van der Waals surface area contributed by atoms with E-state index in [0.717, 1.165) is 0 Å². The Hall–Kier alpha value is -1.66. The molecule has 0 radical (unpaired) electrons. The number of halogens is 1. The summed E-state index contributed by atoms with van der Waals surface area (Å²) in [6.45, 7) is 4.32. The van der Waals surface area contributed by atoms with Crippen molar-refractivity contribution in [3.05, 3.63) is 38.9 Å². The van der Waals surface area contributed by atoms with Gasteiger partial charge in [-0.15, -0.1) is 0 Å². The number of nitro benzene ring substituents is 1. The molecule has 0 aromatic heterocycles. The third-order valence-corrected chi connectivity index (χ3v) is 3.18. The van der Waals surface area contributed by atoms with Gasteiger partial charge in [0.25, 0.3) is 11.6 Å². The summed E-state index contributed by atoms with van der Waals surface area (Å²) >= 11 is 5.78. The maximum atomic E-state index is 12.1. The first-order valence-corrected chi connectivity index (χ1v) is 6.48. The van der Waals surface area contributed by atoms with Gasteiger partial charge in [-0.05, 0) is 18.1 Å². The molecule has 0 saturated carbocycles. The second-order valence-electron chi connectivity index (χ2n) is 4.70. The van der Waals surface area contributed by atoms with Crippen LogP contribution in [0.2, 0.25) is 5.02 Å². The van der Waals surface area contributed by atoms with Crippen molar-refractivity contribution in [2.24, 2.45) is 5.92 Å². The Labute approximate surface area is 122 Å². The summed E-state index contributed by atoms with van der Waals surface area (Å²) in [6.07, 6.45) is 0. The second kappa shape index (κ2) is 7.21. The van der Waals surface area contributed by atoms with Gasteiger partial charge >= 0.3 is 0 Å². The third-order valence-electron chi connectivity index (χ3n) is 2.87. The number of benzene rings is 1. The lowest BCUT2D eigenvalue weighted by Crippen LogP contribution is -2.41. The van der Waals surface area contributed by atoms with Gasteiger partial charge in [0.2, 0.25) is 0 Å². The van der Waals surface area contributed by atoms with Crippen molar-refractivity contribution in [1.29, 1.82) is 0 Å². The molecule has 0 heterocycles. The number of nitrogens with zero attached hydrogens (tertiary/aromatic N) is 1. The van der Waals surface area contributed by atoms with Gasteiger partial charge in [0, 0.05) is 18.7 Å². The van der Waals surface area contributed by atoms with Gasteiger partial charge in [-0.25, -0.2) is 0 Å². The molecular formula is C13H17ClN2O4. The molecule has 0 spiro atoms. The minimum atomic E-state index is -0.591. The summed E-state index contributed by atoms with van der Waals surface area (Å²) in [5, 5.41) is 13.4. The molecule has 1 atom stereocenters. The Kier molecular flexibility index (Phi) is 5.91. The minimum absolute atomic E-state index is 0.0597. The molecule has 0 aliphatic carbocycles. The molecule has 0 fully saturated rings. The molecule has 0 bridgehead atoms. The van der Waals surface area contributed by atoms with Crippen molar-refractivity contribution in [2.75, 3.05) is 13.7 Å². The molecule has 0 saturated heterocycles. The van der Waals surface area contributed by atoms with Gasteiger partial charge in [-0.2, -0.15) is 0 Å². The average molecular weight is 301 g/mol. The maximum absolute atomic E-state index is 12.1. The van der Waals surface area contributed by atoms with Crippen molar-refractivity contribution in [3.63, 3.8) is 0 Å². The van der Waals surface area contributed by atoms with E-state index in [-0.39, 0.29) is 34.1 Å². The number of amides is 1. The zero-order valence-electron chi connectivity index (χ0n) is 11.6. The van der Waals surface area contributed by atoms with E-state index < -0.39 is 4.92 Å². The number of hydrogen-bond acceptors (Lipinski definition) is 4. The molecule has 1 aromatic carbocycles. The Morgan fingerprint density at radius 2 is 2.15 bits per heavy atom. The number of nitro groups is 1. The van der Waals surface area contributed by atoms with Gasteiger partial charge in [0.05, 0.1) is 17.6 Å². The lowest BCUT2D eigenvalue weighted by molar-refractivity contribution is -0.384. The summed E-state index contributed by atoms with van der Waals surface area (Å²) in [4.78, 5) is 22.1. The smallest absolute Gasteiger partial charge is 0.287 e. The van der Waals surface area contributed by atoms with E-state index in [1.54, 1.807) is 7.11 Å². The molecule has 1 unspecified atom stereocenters. The fraction of sp³-hybridized carbons (Fsp3) is 0.462. The van der Waals surface area contributed by atoms with E-state index in [1.807, 2.05) is 13.8 Å². The summed E-state index contributed by atoms with van der Waals surface area (Å²) in [5.74, 6) is -0.134. The first-order chi connectivity index (χ1) is 9.36. The topological polar surface area (TPSA) is 81.5 Å². The van der Waals surface area contributed by atoms with E-state index in [0.29, 0.717) is 6.61 Å². The fourth-order valence-corrected chi connectivity index (χ4v) is 1.88. The van der Waals surface area contributed by atoms with Crippen LogP contribution in [-0.2, 0) is 4.74 Å². The number of carbonyl (C=O) groups is 1. The van der Waals surface area contributed by atoms with Crippen molar-refractivity contribution < 1.29 is 14.5 Å². The van der Waals surface area contributed by atoms with E-state index in [9.17, 15) is 14.9 Å². The maximum Gasteiger partial charge on any atom is 0.287 e. The van der Waals surface area contributed by atoms with Crippen LogP contribution in [0.4, 0.5) is 5.69 Å². The molecule has 20 heavy (non-hydrogen) atoms. The Morgan fingerprint density at radius 3 is 2.60 bits per heavy atom. The second-order valence-corrected chi connectivity index (χ2v) is 5.11. The lowest BCUT2D eigenvalue weighted by atomic mass is 10.0. The zero-order valence-corrected chi connectivity index (χ0v) is 12.3. The third kappa shape index (κ3) is 4.18. The molecule has 0 aliphatic heterocycles. The number of rotatable bonds is 6. The van der Waals surface area contributed by atoms with Crippen LogP contribution in [0.5, 0.6) is 0 Å². The standard InChI is InChI=1S/C13H17ClN2O4/c1-8(2)11(7-20-3)15-13(17)9-4-5-12(16(18)19)10(14)6-9/h4-6,8,11H,7H2,1-3H3,(H,15,17). The molecule has 1 N–H and O–H groups in total. The highest BCUT2D eigenvalue weighted by molar-refractivity contribution is 6.33. The molecule has 0 aliphatic rings. The van der Waals surface area contributed by atoms with Crippen LogP contribution < -0.4 is 5.32 Å². The van der Waals surface area contributed by atoms with E-state index in [4.69, 9.17) is 16.3 Å². The van der Waals surface area contributed by atoms with E-state index >= 15 is 0 Å². The Morgan fingerprint density at radius 1 is 1.50 bits per heavy atom. The normalized spacial score (nSPS) is 12.2. The molecule has 6 nitrogen and oxygen atoms in total. The molecule has 110 valence electrons. The SMILES string of the molecule is COCC(NC(=O)c1ccc([N+](=O)[O-])c(Cl)c1)C(C)C. The number of hydrogen-bond donors (Lipinski definition) is 1. The molecule has 1 aromatic rings. The molecule has 1 rings (SSSR count). The largest absolute Gasteiger partial charge is 0.383 e. The monoisotopic (exact) mass is 300 g/mol. The number of methoxy groups -OCH3 is 1. The number of carbonyl (C=O) groups excluding carboxylic acids is 1. The van der Waals surface area contributed by atoms with Crippen LogP contribution in [0, 0.1) is 16.0 Å². The number of ether oxygens (including phenoxy) is 1. The van der Waals surface area contributed by atoms with Gasteiger partial charge in [0.1, 0.15) is 5.02 Å². The van der Waals surface area contributed by atoms with Crippen molar-refractivity contribution >= 4 is 23.2 Å². The summed E-state index contributed by atoms with van der Waals surface area (Å²) in [6, 6.07) is 3.75. The average Bonchev–Trinajstić information content (AvgIpc) is 2.37. The summed E-state index contributed by atoms with van der Waals surface area (Å²) in [5.41, 5.74) is 0.0582. The van der Waals surface area contributed by atoms with Crippen LogP contribution in [0.3, 0.4) is 0 Å². The molecule has 7 heteroatoms. The summed E-state index contributed by atoms with van der Waals surface area (Å²) in [7, 11) is 1.56. The predicted octanol–water partition coefficient (Wildman–Crippen LogP) is 2.65. The quantitative estimate of drug-likeness (QED) is 0.647. The Balaban J connectivity index is 2.87. The highest BCUT2D eigenvalue weighted by Crippen LogP contribution is 2.25. The van der Waals surface area contributed by atoms with Gasteiger partial charge < -0.3 is 10.1 Å². The lowest BCUT2D eigenvalue weighted by Gasteiger charge is -2.21. The van der Waals surface area contributed by atoms with Crippen molar-refractivity contribution in [3.8, 4) is 0 Å². The van der Waals surface area contributed by atoms with Crippen LogP contribution in [-0.4, -0.2) is 30.6 Å². The van der Waals surface area contributed by atoms with Gasteiger partial charge in [-0.1, -0.05) is 25.4 Å². The summed E-state index contributed by atoms with van der Waals surface area (Å²) < 4.78 is 5.05. The van der Waals surface area contributed by atoms with Crippen LogP contribution in [0.15, 0.2) is 18.2 Å².